The number of halogens is 1. The summed E-state index contributed by atoms with van der Waals surface area (Å²) in [5.74, 6) is 0.867. The van der Waals surface area contributed by atoms with Crippen LogP contribution >= 0.6 is 11.6 Å². The van der Waals surface area contributed by atoms with E-state index in [1.165, 1.54) is 0 Å². The fourth-order valence-electron chi connectivity index (χ4n) is 1.34. The van der Waals surface area contributed by atoms with Gasteiger partial charge >= 0.3 is 0 Å². The summed E-state index contributed by atoms with van der Waals surface area (Å²) >= 11 is 5.26. The van der Waals surface area contributed by atoms with E-state index in [0.717, 1.165) is 16.9 Å². The van der Waals surface area contributed by atoms with Gasteiger partial charge in [-0.2, -0.15) is 0 Å². The van der Waals surface area contributed by atoms with Gasteiger partial charge in [0.1, 0.15) is 5.75 Å². The van der Waals surface area contributed by atoms with Gasteiger partial charge < -0.3 is 4.74 Å². The van der Waals surface area contributed by atoms with E-state index in [1.54, 1.807) is 7.11 Å². The van der Waals surface area contributed by atoms with Crippen molar-refractivity contribution in [1.82, 2.24) is 0 Å². The molecule has 0 N–H and O–H groups in total. The van der Waals surface area contributed by atoms with Crippen molar-refractivity contribution in [3.05, 3.63) is 29.3 Å². The lowest BCUT2D eigenvalue weighted by Gasteiger charge is -2.06. The monoisotopic (exact) mass is 212 g/mol. The molecule has 0 heterocycles. The fraction of sp³-hybridized carbons (Fsp3) is 0.364. The van der Waals surface area contributed by atoms with Crippen LogP contribution in [0.5, 0.6) is 5.75 Å². The predicted octanol–water partition coefficient (Wildman–Crippen LogP) is 2.70. The number of benzene rings is 1. The van der Waals surface area contributed by atoms with E-state index in [-0.39, 0.29) is 5.24 Å². The molecule has 1 aromatic carbocycles. The molecule has 0 spiro atoms. The molecule has 3 heteroatoms. The summed E-state index contributed by atoms with van der Waals surface area (Å²) in [7, 11) is 1.64. The molecule has 2 nitrogen and oxygen atoms in total. The second-order valence-electron chi connectivity index (χ2n) is 3.16. The Morgan fingerprint density at radius 2 is 2.21 bits per heavy atom. The first kappa shape index (κ1) is 11.1. The van der Waals surface area contributed by atoms with Crippen LogP contribution in [0.2, 0.25) is 0 Å². The summed E-state index contributed by atoms with van der Waals surface area (Å²) in [5.41, 5.74) is 2.18. The molecule has 0 aliphatic rings. The van der Waals surface area contributed by atoms with Crippen LogP contribution in [-0.4, -0.2) is 12.4 Å². The molecule has 0 aliphatic heterocycles. The Hall–Kier alpha value is -1.02. The molecule has 14 heavy (non-hydrogen) atoms. The number of carbonyl (C=O) groups excluding carboxylic acids is 1. The molecule has 0 bridgehead atoms. The standard InChI is InChI=1S/C11H13ClO2/c1-8-7-9(4-6-11(12)13)3-5-10(8)14-2/h3,5,7H,4,6H2,1-2H3. The third kappa shape index (κ3) is 3.04. The maximum absolute atomic E-state index is 10.6. The number of hydrogen-bond donors (Lipinski definition) is 0. The van der Waals surface area contributed by atoms with Gasteiger partial charge in [0, 0.05) is 6.42 Å². The lowest BCUT2D eigenvalue weighted by Crippen LogP contribution is -1.93. The molecule has 0 fully saturated rings. The van der Waals surface area contributed by atoms with Gasteiger partial charge in [-0.1, -0.05) is 12.1 Å². The zero-order valence-corrected chi connectivity index (χ0v) is 9.10. The van der Waals surface area contributed by atoms with E-state index < -0.39 is 0 Å². The Labute approximate surface area is 88.8 Å². The highest BCUT2D eigenvalue weighted by atomic mass is 35.5. The van der Waals surface area contributed by atoms with E-state index in [9.17, 15) is 4.79 Å². The van der Waals surface area contributed by atoms with E-state index in [2.05, 4.69) is 0 Å². The SMILES string of the molecule is COc1ccc(CCC(=O)Cl)cc1C. The molecule has 0 aromatic heterocycles. The average Bonchev–Trinajstić information content (AvgIpc) is 2.15. The van der Waals surface area contributed by atoms with Crippen molar-refractivity contribution in [2.75, 3.05) is 7.11 Å². The number of aryl methyl sites for hydroxylation is 2. The second kappa shape index (κ2) is 5.01. The van der Waals surface area contributed by atoms with Crippen LogP contribution in [0.1, 0.15) is 17.5 Å². The minimum absolute atomic E-state index is 0.293. The molecule has 0 radical (unpaired) electrons. The zero-order chi connectivity index (χ0) is 10.6. The third-order valence-corrected chi connectivity index (χ3v) is 2.26. The second-order valence-corrected chi connectivity index (χ2v) is 3.58. The fourth-order valence-corrected chi connectivity index (χ4v) is 1.43. The Morgan fingerprint density at radius 3 is 2.71 bits per heavy atom. The molecule has 0 unspecified atom stereocenters. The van der Waals surface area contributed by atoms with Crippen molar-refractivity contribution in [2.24, 2.45) is 0 Å². The minimum Gasteiger partial charge on any atom is -0.496 e. The van der Waals surface area contributed by atoms with E-state index in [4.69, 9.17) is 16.3 Å². The largest absolute Gasteiger partial charge is 0.496 e. The van der Waals surface area contributed by atoms with Crippen LogP contribution in [0.3, 0.4) is 0 Å². The first-order chi connectivity index (χ1) is 6.63. The summed E-state index contributed by atoms with van der Waals surface area (Å²) < 4.78 is 5.13. The van der Waals surface area contributed by atoms with Gasteiger partial charge in [0.15, 0.2) is 0 Å². The lowest BCUT2D eigenvalue weighted by molar-refractivity contribution is -0.111. The molecule has 1 aromatic rings. The number of carbonyl (C=O) groups is 1. The van der Waals surface area contributed by atoms with Gasteiger partial charge in [0.05, 0.1) is 7.11 Å². The van der Waals surface area contributed by atoms with E-state index in [1.807, 2.05) is 25.1 Å². The van der Waals surface area contributed by atoms with Crippen LogP contribution in [0, 0.1) is 6.92 Å². The third-order valence-electron chi connectivity index (χ3n) is 2.07. The van der Waals surface area contributed by atoms with Crippen molar-refractivity contribution in [3.8, 4) is 5.75 Å². The normalized spacial score (nSPS) is 9.93. The van der Waals surface area contributed by atoms with Gasteiger partial charge in [0.2, 0.25) is 5.24 Å². The number of hydrogen-bond acceptors (Lipinski definition) is 2. The highest BCUT2D eigenvalue weighted by molar-refractivity contribution is 6.63. The Kier molecular flexibility index (Phi) is 3.96. The number of ether oxygens (including phenoxy) is 1. The summed E-state index contributed by atoms with van der Waals surface area (Å²) in [4.78, 5) is 10.6. The van der Waals surface area contributed by atoms with Crippen LogP contribution in [-0.2, 0) is 11.2 Å². The smallest absolute Gasteiger partial charge is 0.221 e. The van der Waals surface area contributed by atoms with E-state index >= 15 is 0 Å². The van der Waals surface area contributed by atoms with Gasteiger partial charge in [-0.15, -0.1) is 0 Å². The van der Waals surface area contributed by atoms with Crippen molar-refractivity contribution in [2.45, 2.75) is 19.8 Å². The Morgan fingerprint density at radius 1 is 1.50 bits per heavy atom. The summed E-state index contributed by atoms with van der Waals surface area (Å²) in [6.07, 6.45) is 1.07. The summed E-state index contributed by atoms with van der Waals surface area (Å²) in [6.45, 7) is 1.98. The molecule has 0 saturated carbocycles. The molecule has 76 valence electrons. The van der Waals surface area contributed by atoms with Gasteiger partial charge in [0.25, 0.3) is 0 Å². The first-order valence-corrected chi connectivity index (χ1v) is 4.83. The molecule has 0 atom stereocenters. The topological polar surface area (TPSA) is 26.3 Å². The predicted molar refractivity (Wildman–Crippen MR) is 56.9 cm³/mol. The maximum atomic E-state index is 10.6. The quantitative estimate of drug-likeness (QED) is 0.718. The van der Waals surface area contributed by atoms with Crippen LogP contribution in [0.25, 0.3) is 0 Å². The summed E-state index contributed by atoms with van der Waals surface area (Å²) in [5, 5.41) is -0.293. The van der Waals surface area contributed by atoms with Crippen molar-refractivity contribution in [3.63, 3.8) is 0 Å². The maximum Gasteiger partial charge on any atom is 0.221 e. The highest BCUT2D eigenvalue weighted by Crippen LogP contribution is 2.19. The molecule has 0 saturated heterocycles. The van der Waals surface area contributed by atoms with Crippen molar-refractivity contribution >= 4 is 16.8 Å². The molecular formula is C11H13ClO2. The Balaban J connectivity index is 2.71. The van der Waals surface area contributed by atoms with Crippen LogP contribution < -0.4 is 4.74 Å². The highest BCUT2D eigenvalue weighted by Gasteiger charge is 2.01. The van der Waals surface area contributed by atoms with Crippen LogP contribution in [0.4, 0.5) is 0 Å². The average molecular weight is 213 g/mol. The number of rotatable bonds is 4. The Bertz CT molecular complexity index is 334. The minimum atomic E-state index is -0.293. The first-order valence-electron chi connectivity index (χ1n) is 4.45. The van der Waals surface area contributed by atoms with Crippen molar-refractivity contribution in [1.29, 1.82) is 0 Å². The molecule has 0 amide bonds. The van der Waals surface area contributed by atoms with Crippen LogP contribution in [0.15, 0.2) is 18.2 Å². The van der Waals surface area contributed by atoms with Gasteiger partial charge in [-0.3, -0.25) is 4.79 Å². The lowest BCUT2D eigenvalue weighted by atomic mass is 10.1. The summed E-state index contributed by atoms with van der Waals surface area (Å²) in [6, 6.07) is 5.87. The van der Waals surface area contributed by atoms with Crippen molar-refractivity contribution < 1.29 is 9.53 Å². The zero-order valence-electron chi connectivity index (χ0n) is 8.34. The van der Waals surface area contributed by atoms with Gasteiger partial charge in [-0.25, -0.2) is 0 Å². The molecular weight excluding hydrogens is 200 g/mol. The van der Waals surface area contributed by atoms with E-state index in [0.29, 0.717) is 12.8 Å². The molecule has 0 aliphatic carbocycles. The molecule has 1 rings (SSSR count). The van der Waals surface area contributed by atoms with Gasteiger partial charge in [-0.05, 0) is 42.1 Å². The number of methoxy groups -OCH3 is 1.